The highest BCUT2D eigenvalue weighted by atomic mass is 35.5. The Kier molecular flexibility index (Phi) is 4.63. The lowest BCUT2D eigenvalue weighted by molar-refractivity contribution is -0.121. The zero-order chi connectivity index (χ0) is 12.2. The second kappa shape index (κ2) is 5.55. The Morgan fingerprint density at radius 3 is 2.69 bits per heavy atom. The maximum Gasteiger partial charge on any atom is 0.224 e. The summed E-state index contributed by atoms with van der Waals surface area (Å²) in [7, 11) is 0. The molecular weight excluding hydrogens is 245 g/mol. The first kappa shape index (κ1) is 13.3. The molecule has 0 aromatic heterocycles. The molecule has 0 aliphatic rings. The number of amides is 1. The first-order valence-electron chi connectivity index (χ1n) is 5.04. The maximum absolute atomic E-state index is 11.7. The third-order valence-corrected chi connectivity index (χ3v) is 2.97. The minimum Gasteiger partial charge on any atom is -0.350 e. The van der Waals surface area contributed by atoms with E-state index in [0.29, 0.717) is 17.3 Å². The lowest BCUT2D eigenvalue weighted by Crippen LogP contribution is -2.45. The van der Waals surface area contributed by atoms with Gasteiger partial charge in [0.05, 0.1) is 6.42 Å². The Labute approximate surface area is 106 Å². The van der Waals surface area contributed by atoms with E-state index in [1.54, 1.807) is 12.1 Å². The standard InChI is InChI=1S/C12H15Cl2NO/c1-12(2,8-13)15-11(16)7-9-4-3-5-10(14)6-9/h3-6H,7-8H2,1-2H3,(H,15,16). The van der Waals surface area contributed by atoms with Crippen LogP contribution in [0, 0.1) is 0 Å². The molecule has 1 rings (SSSR count). The van der Waals surface area contributed by atoms with Gasteiger partial charge in [-0.15, -0.1) is 11.6 Å². The summed E-state index contributed by atoms with van der Waals surface area (Å²) in [6.07, 6.45) is 0.320. The van der Waals surface area contributed by atoms with E-state index in [1.807, 2.05) is 26.0 Å². The molecule has 0 aliphatic heterocycles. The van der Waals surface area contributed by atoms with Crippen molar-refractivity contribution in [3.8, 4) is 0 Å². The van der Waals surface area contributed by atoms with E-state index in [1.165, 1.54) is 0 Å². The summed E-state index contributed by atoms with van der Waals surface area (Å²) in [4.78, 5) is 11.7. The molecule has 4 heteroatoms. The van der Waals surface area contributed by atoms with Gasteiger partial charge in [0.25, 0.3) is 0 Å². The topological polar surface area (TPSA) is 29.1 Å². The number of benzene rings is 1. The molecule has 0 fully saturated rings. The Balaban J connectivity index is 2.59. The van der Waals surface area contributed by atoms with Crippen LogP contribution in [0.3, 0.4) is 0 Å². The predicted octanol–water partition coefficient (Wildman–Crippen LogP) is 3.02. The van der Waals surface area contributed by atoms with Gasteiger partial charge < -0.3 is 5.32 Å². The van der Waals surface area contributed by atoms with E-state index in [-0.39, 0.29) is 11.4 Å². The van der Waals surface area contributed by atoms with Crippen LogP contribution in [0.25, 0.3) is 0 Å². The first-order valence-corrected chi connectivity index (χ1v) is 5.95. The van der Waals surface area contributed by atoms with Gasteiger partial charge in [-0.2, -0.15) is 0 Å². The summed E-state index contributed by atoms with van der Waals surface area (Å²) in [5.41, 5.74) is 0.521. The van der Waals surface area contributed by atoms with Crippen LogP contribution in [-0.4, -0.2) is 17.3 Å². The molecule has 0 bridgehead atoms. The number of carbonyl (C=O) groups is 1. The van der Waals surface area contributed by atoms with Crippen molar-refractivity contribution in [3.05, 3.63) is 34.9 Å². The zero-order valence-corrected chi connectivity index (χ0v) is 10.9. The molecule has 2 nitrogen and oxygen atoms in total. The highest BCUT2D eigenvalue weighted by Crippen LogP contribution is 2.12. The second-order valence-electron chi connectivity index (χ2n) is 4.37. The SMILES string of the molecule is CC(C)(CCl)NC(=O)Cc1cccc(Cl)c1. The second-order valence-corrected chi connectivity index (χ2v) is 5.08. The van der Waals surface area contributed by atoms with Crippen molar-refractivity contribution in [1.82, 2.24) is 5.32 Å². The minimum absolute atomic E-state index is 0.0482. The van der Waals surface area contributed by atoms with Gasteiger partial charge in [-0.25, -0.2) is 0 Å². The van der Waals surface area contributed by atoms with Crippen LogP contribution in [0.5, 0.6) is 0 Å². The highest BCUT2D eigenvalue weighted by Gasteiger charge is 2.18. The van der Waals surface area contributed by atoms with Gasteiger partial charge in [0.2, 0.25) is 5.91 Å². The van der Waals surface area contributed by atoms with E-state index in [0.717, 1.165) is 5.56 Å². The third kappa shape index (κ3) is 4.42. The van der Waals surface area contributed by atoms with Crippen molar-refractivity contribution in [1.29, 1.82) is 0 Å². The monoisotopic (exact) mass is 259 g/mol. The summed E-state index contributed by atoms with van der Waals surface area (Å²) in [5, 5.41) is 3.50. The molecular formula is C12H15Cl2NO. The molecule has 88 valence electrons. The Hall–Kier alpha value is -0.730. The number of hydrogen-bond donors (Lipinski definition) is 1. The quantitative estimate of drug-likeness (QED) is 0.828. The molecule has 0 saturated carbocycles. The van der Waals surface area contributed by atoms with Crippen molar-refractivity contribution in [2.45, 2.75) is 25.8 Å². The number of hydrogen-bond acceptors (Lipinski definition) is 1. The van der Waals surface area contributed by atoms with Crippen molar-refractivity contribution in [2.24, 2.45) is 0 Å². The van der Waals surface area contributed by atoms with Crippen LogP contribution in [0.15, 0.2) is 24.3 Å². The number of halogens is 2. The van der Waals surface area contributed by atoms with E-state index in [9.17, 15) is 4.79 Å². The van der Waals surface area contributed by atoms with E-state index < -0.39 is 0 Å². The molecule has 0 spiro atoms. The van der Waals surface area contributed by atoms with Crippen LogP contribution < -0.4 is 5.32 Å². The van der Waals surface area contributed by atoms with Gasteiger partial charge in [-0.3, -0.25) is 4.79 Å². The smallest absolute Gasteiger partial charge is 0.224 e. The van der Waals surface area contributed by atoms with Crippen LogP contribution in [0.1, 0.15) is 19.4 Å². The van der Waals surface area contributed by atoms with Crippen molar-refractivity contribution in [3.63, 3.8) is 0 Å². The van der Waals surface area contributed by atoms with E-state index in [2.05, 4.69) is 5.32 Å². The van der Waals surface area contributed by atoms with Crippen LogP contribution in [0.4, 0.5) is 0 Å². The van der Waals surface area contributed by atoms with Gasteiger partial charge >= 0.3 is 0 Å². The summed E-state index contributed by atoms with van der Waals surface area (Å²) in [5.74, 6) is 0.335. The molecule has 0 radical (unpaired) electrons. The van der Waals surface area contributed by atoms with Gasteiger partial charge in [-0.1, -0.05) is 23.7 Å². The van der Waals surface area contributed by atoms with Crippen LogP contribution in [0.2, 0.25) is 5.02 Å². The molecule has 1 amide bonds. The van der Waals surface area contributed by atoms with Gasteiger partial charge in [-0.05, 0) is 31.5 Å². The Bertz CT molecular complexity index is 377. The molecule has 16 heavy (non-hydrogen) atoms. The zero-order valence-electron chi connectivity index (χ0n) is 9.39. The number of carbonyl (C=O) groups excluding carboxylic acids is 1. The molecule has 0 heterocycles. The Morgan fingerprint density at radius 1 is 1.44 bits per heavy atom. The average molecular weight is 260 g/mol. The van der Waals surface area contributed by atoms with Crippen molar-refractivity contribution in [2.75, 3.05) is 5.88 Å². The molecule has 1 aromatic rings. The fraction of sp³-hybridized carbons (Fsp3) is 0.417. The van der Waals surface area contributed by atoms with Crippen molar-refractivity contribution >= 4 is 29.1 Å². The number of alkyl halides is 1. The summed E-state index contributed by atoms with van der Waals surface area (Å²) < 4.78 is 0. The molecule has 1 aromatic carbocycles. The fourth-order valence-electron chi connectivity index (χ4n) is 1.29. The molecule has 0 aliphatic carbocycles. The van der Waals surface area contributed by atoms with Crippen molar-refractivity contribution < 1.29 is 4.79 Å². The largest absolute Gasteiger partial charge is 0.350 e. The lowest BCUT2D eigenvalue weighted by Gasteiger charge is -2.23. The highest BCUT2D eigenvalue weighted by molar-refractivity contribution is 6.30. The summed E-state index contributed by atoms with van der Waals surface area (Å²) >= 11 is 11.6. The number of nitrogens with one attached hydrogen (secondary N) is 1. The van der Waals surface area contributed by atoms with Crippen LogP contribution >= 0.6 is 23.2 Å². The maximum atomic E-state index is 11.7. The van der Waals surface area contributed by atoms with Gasteiger partial charge in [0.1, 0.15) is 0 Å². The lowest BCUT2D eigenvalue weighted by atomic mass is 10.1. The molecule has 0 unspecified atom stereocenters. The average Bonchev–Trinajstić information content (AvgIpc) is 2.16. The normalized spacial score (nSPS) is 11.2. The summed E-state index contributed by atoms with van der Waals surface area (Å²) in [6, 6.07) is 7.28. The van der Waals surface area contributed by atoms with Gasteiger partial charge in [0, 0.05) is 16.4 Å². The first-order chi connectivity index (χ1) is 7.43. The third-order valence-electron chi connectivity index (χ3n) is 2.07. The van der Waals surface area contributed by atoms with Gasteiger partial charge in [0.15, 0.2) is 0 Å². The van der Waals surface area contributed by atoms with Crippen LogP contribution in [-0.2, 0) is 11.2 Å². The molecule has 1 N–H and O–H groups in total. The predicted molar refractivity (Wildman–Crippen MR) is 68.1 cm³/mol. The molecule has 0 saturated heterocycles. The number of rotatable bonds is 4. The van der Waals surface area contributed by atoms with E-state index in [4.69, 9.17) is 23.2 Å². The fourth-order valence-corrected chi connectivity index (χ4v) is 1.57. The summed E-state index contributed by atoms with van der Waals surface area (Å²) in [6.45, 7) is 3.77. The minimum atomic E-state index is -0.378. The molecule has 0 atom stereocenters. The Morgan fingerprint density at radius 2 is 2.12 bits per heavy atom. The van der Waals surface area contributed by atoms with E-state index >= 15 is 0 Å².